The van der Waals surface area contributed by atoms with E-state index in [0.717, 1.165) is 34.1 Å². The van der Waals surface area contributed by atoms with E-state index < -0.39 is 0 Å². The van der Waals surface area contributed by atoms with Crippen LogP contribution in [0, 0.1) is 0 Å². The van der Waals surface area contributed by atoms with Gasteiger partial charge in [-0.3, -0.25) is 0 Å². The summed E-state index contributed by atoms with van der Waals surface area (Å²) in [6.07, 6.45) is 4.21. The molecule has 0 N–H and O–H groups in total. The van der Waals surface area contributed by atoms with E-state index in [9.17, 15) is 0 Å². The maximum Gasteiger partial charge on any atom is 0.0463 e. The zero-order valence-corrected chi connectivity index (χ0v) is 22.0. The summed E-state index contributed by atoms with van der Waals surface area (Å²) < 4.78 is 0. The zero-order chi connectivity index (χ0) is 24.7. The first-order valence-corrected chi connectivity index (χ1v) is 14.3. The van der Waals surface area contributed by atoms with E-state index in [2.05, 4.69) is 156 Å². The van der Waals surface area contributed by atoms with Crippen LogP contribution in [0.25, 0.3) is 0 Å². The highest BCUT2D eigenvalue weighted by Crippen LogP contribution is 2.39. The van der Waals surface area contributed by atoms with Crippen molar-refractivity contribution in [3.05, 3.63) is 133 Å². The molecule has 0 spiro atoms. The first kappa shape index (κ1) is 24.1. The van der Waals surface area contributed by atoms with Crippen LogP contribution in [0.5, 0.6) is 0 Å². The van der Waals surface area contributed by atoms with Gasteiger partial charge in [0, 0.05) is 43.9 Å². The van der Waals surface area contributed by atoms with Gasteiger partial charge in [-0.1, -0.05) is 36.4 Å². The van der Waals surface area contributed by atoms with Crippen LogP contribution in [-0.4, -0.2) is 12.5 Å². The molecule has 5 aromatic carbocycles. The molecule has 0 atom stereocenters. The third-order valence-electron chi connectivity index (χ3n) is 6.06. The number of anilines is 6. The van der Waals surface area contributed by atoms with Gasteiger partial charge in [-0.25, -0.2) is 0 Å². The van der Waals surface area contributed by atoms with Crippen LogP contribution in [0.3, 0.4) is 0 Å². The van der Waals surface area contributed by atoms with E-state index >= 15 is 0 Å². The quantitative estimate of drug-likeness (QED) is 0.194. The predicted octanol–water partition coefficient (Wildman–Crippen LogP) is 10.1. The minimum absolute atomic E-state index is 1.12. The van der Waals surface area contributed by atoms with Crippen molar-refractivity contribution in [1.82, 2.24) is 0 Å². The topological polar surface area (TPSA) is 6.48 Å². The Balaban J connectivity index is 1.55. The van der Waals surface area contributed by atoms with E-state index in [-0.39, 0.29) is 0 Å². The number of thioether (sulfide) groups is 2. The van der Waals surface area contributed by atoms with Crippen molar-refractivity contribution in [2.24, 2.45) is 0 Å². The normalized spacial score (nSPS) is 10.7. The Morgan fingerprint density at radius 2 is 0.583 bits per heavy atom. The minimum Gasteiger partial charge on any atom is -0.311 e. The molecule has 0 aliphatic carbocycles. The molecule has 0 saturated carbocycles. The lowest BCUT2D eigenvalue weighted by atomic mass is 10.1. The summed E-state index contributed by atoms with van der Waals surface area (Å²) >= 11 is 3.52. The highest BCUT2D eigenvalue weighted by atomic mass is 32.2. The number of para-hydroxylation sites is 2. The summed E-state index contributed by atoms with van der Waals surface area (Å²) in [4.78, 5) is 7.11. The van der Waals surface area contributed by atoms with Gasteiger partial charge in [-0.2, -0.15) is 0 Å². The first-order chi connectivity index (χ1) is 17.8. The fourth-order valence-electron chi connectivity index (χ4n) is 4.26. The Hall–Kier alpha value is -3.60. The third kappa shape index (κ3) is 5.30. The molecule has 0 aliphatic rings. The molecular formula is C32H28N2S2. The van der Waals surface area contributed by atoms with Crippen LogP contribution in [0.4, 0.5) is 34.1 Å². The van der Waals surface area contributed by atoms with Crippen molar-refractivity contribution in [2.45, 2.75) is 9.79 Å². The monoisotopic (exact) mass is 504 g/mol. The van der Waals surface area contributed by atoms with Crippen molar-refractivity contribution >= 4 is 57.6 Å². The average molecular weight is 505 g/mol. The van der Waals surface area contributed by atoms with E-state index in [1.807, 2.05) is 0 Å². The fourth-order valence-corrected chi connectivity index (χ4v) is 5.08. The number of nitrogens with zero attached hydrogens (tertiary/aromatic N) is 2. The molecule has 0 bridgehead atoms. The van der Waals surface area contributed by atoms with Gasteiger partial charge in [0.15, 0.2) is 0 Å². The molecule has 5 rings (SSSR count). The predicted molar refractivity (Wildman–Crippen MR) is 159 cm³/mol. The molecule has 178 valence electrons. The second kappa shape index (κ2) is 11.4. The molecule has 4 heteroatoms. The molecule has 0 aromatic heterocycles. The maximum atomic E-state index is 2.30. The first-order valence-electron chi connectivity index (χ1n) is 11.9. The van der Waals surface area contributed by atoms with Gasteiger partial charge in [-0.05, 0) is 110 Å². The van der Waals surface area contributed by atoms with Crippen molar-refractivity contribution in [3.8, 4) is 0 Å². The Labute approximate surface area is 222 Å². The summed E-state index contributed by atoms with van der Waals surface area (Å²) in [5.74, 6) is 0. The number of benzene rings is 5. The standard InChI is InChI=1S/C32H28N2S2/c1-35-31-21-17-29(18-22-31)33(25-9-5-3-6-10-25)27-13-15-28(16-14-27)34(26-11-7-4-8-12-26)30-19-23-32(36-2)24-20-30/h3-24H,1-2H3. The lowest BCUT2D eigenvalue weighted by molar-refractivity contribution is 1.24. The SMILES string of the molecule is CSc1ccc(N(c2ccccc2)c2ccc(N(c3ccccc3)c3ccc(SC)cc3)cc2)cc1. The molecule has 0 heterocycles. The smallest absolute Gasteiger partial charge is 0.0463 e. The van der Waals surface area contributed by atoms with Gasteiger partial charge in [0.25, 0.3) is 0 Å². The van der Waals surface area contributed by atoms with Crippen LogP contribution < -0.4 is 9.80 Å². The second-order valence-corrected chi connectivity index (χ2v) is 10.0. The summed E-state index contributed by atoms with van der Waals surface area (Å²) in [6.45, 7) is 0. The molecule has 36 heavy (non-hydrogen) atoms. The highest BCUT2D eigenvalue weighted by molar-refractivity contribution is 7.98. The van der Waals surface area contributed by atoms with Crippen molar-refractivity contribution < 1.29 is 0 Å². The van der Waals surface area contributed by atoms with Gasteiger partial charge in [-0.15, -0.1) is 23.5 Å². The highest BCUT2D eigenvalue weighted by Gasteiger charge is 2.15. The van der Waals surface area contributed by atoms with Gasteiger partial charge in [0.1, 0.15) is 0 Å². The maximum absolute atomic E-state index is 2.30. The molecule has 5 aromatic rings. The summed E-state index contributed by atoms with van der Waals surface area (Å²) in [6, 6.07) is 47.4. The van der Waals surface area contributed by atoms with E-state index in [1.54, 1.807) is 23.5 Å². The lowest BCUT2D eigenvalue weighted by Gasteiger charge is -2.28. The summed E-state index contributed by atoms with van der Waals surface area (Å²) in [7, 11) is 0. The number of hydrogen-bond acceptors (Lipinski definition) is 4. The van der Waals surface area contributed by atoms with Crippen LogP contribution >= 0.6 is 23.5 Å². The van der Waals surface area contributed by atoms with Crippen LogP contribution in [0.15, 0.2) is 143 Å². The van der Waals surface area contributed by atoms with E-state index in [1.165, 1.54) is 9.79 Å². The molecule has 0 saturated heterocycles. The van der Waals surface area contributed by atoms with Gasteiger partial charge < -0.3 is 9.80 Å². The minimum atomic E-state index is 1.12. The van der Waals surface area contributed by atoms with Gasteiger partial charge >= 0.3 is 0 Å². The Kier molecular flexibility index (Phi) is 7.65. The van der Waals surface area contributed by atoms with E-state index in [0.29, 0.717) is 0 Å². The summed E-state index contributed by atoms with van der Waals surface area (Å²) in [5, 5.41) is 0. The second-order valence-electron chi connectivity index (χ2n) is 8.25. The van der Waals surface area contributed by atoms with Crippen LogP contribution in [-0.2, 0) is 0 Å². The molecule has 0 unspecified atom stereocenters. The average Bonchev–Trinajstić information content (AvgIpc) is 2.96. The van der Waals surface area contributed by atoms with Crippen molar-refractivity contribution in [2.75, 3.05) is 22.3 Å². The van der Waals surface area contributed by atoms with Crippen molar-refractivity contribution in [1.29, 1.82) is 0 Å². The van der Waals surface area contributed by atoms with Crippen molar-refractivity contribution in [3.63, 3.8) is 0 Å². The van der Waals surface area contributed by atoms with Gasteiger partial charge in [0.2, 0.25) is 0 Å². The number of hydrogen-bond donors (Lipinski definition) is 0. The molecule has 0 amide bonds. The third-order valence-corrected chi connectivity index (χ3v) is 7.54. The number of rotatable bonds is 8. The largest absolute Gasteiger partial charge is 0.311 e. The fraction of sp³-hybridized carbons (Fsp3) is 0.0625. The lowest BCUT2D eigenvalue weighted by Crippen LogP contribution is -2.12. The molecule has 0 aliphatic heterocycles. The summed E-state index contributed by atoms with van der Waals surface area (Å²) in [5.41, 5.74) is 6.78. The molecule has 2 nitrogen and oxygen atoms in total. The molecular weight excluding hydrogens is 477 g/mol. The Bertz CT molecular complexity index is 1260. The molecule has 0 fully saturated rings. The van der Waals surface area contributed by atoms with Crippen LogP contribution in [0.1, 0.15) is 0 Å². The van der Waals surface area contributed by atoms with E-state index in [4.69, 9.17) is 0 Å². The zero-order valence-electron chi connectivity index (χ0n) is 20.4. The van der Waals surface area contributed by atoms with Gasteiger partial charge in [0.05, 0.1) is 0 Å². The Morgan fingerprint density at radius 1 is 0.333 bits per heavy atom. The molecule has 0 radical (unpaired) electrons. The van der Waals surface area contributed by atoms with Crippen LogP contribution in [0.2, 0.25) is 0 Å². The Morgan fingerprint density at radius 3 is 0.861 bits per heavy atom.